The van der Waals surface area contributed by atoms with Gasteiger partial charge in [0.25, 0.3) is 5.91 Å². The maximum absolute atomic E-state index is 12.3. The number of hydrazone groups is 1. The molecule has 0 aromatic heterocycles. The Hall–Kier alpha value is -4.14. The number of benzene rings is 2. The molecule has 0 fully saturated rings. The first kappa shape index (κ1) is 25.1. The van der Waals surface area contributed by atoms with Crippen molar-refractivity contribution in [2.24, 2.45) is 5.10 Å². The molecule has 0 aliphatic heterocycles. The van der Waals surface area contributed by atoms with Crippen molar-refractivity contribution >= 4 is 29.6 Å². The lowest BCUT2D eigenvalue weighted by Crippen LogP contribution is -2.37. The van der Waals surface area contributed by atoms with E-state index in [0.29, 0.717) is 29.4 Å². The third kappa shape index (κ3) is 8.48. The van der Waals surface area contributed by atoms with Crippen LogP contribution < -0.4 is 25.5 Å². The molecule has 2 aromatic carbocycles. The molecule has 2 aromatic rings. The van der Waals surface area contributed by atoms with Crippen LogP contribution in [-0.2, 0) is 14.4 Å². The van der Waals surface area contributed by atoms with Gasteiger partial charge in [-0.15, -0.1) is 6.58 Å². The fourth-order valence-corrected chi connectivity index (χ4v) is 2.84. The number of anilines is 1. The lowest BCUT2D eigenvalue weighted by atomic mass is 10.1. The van der Waals surface area contributed by atoms with E-state index in [2.05, 4.69) is 27.7 Å². The minimum atomic E-state index is -0.895. The van der Waals surface area contributed by atoms with E-state index < -0.39 is 11.8 Å². The van der Waals surface area contributed by atoms with Crippen molar-refractivity contribution in [2.45, 2.75) is 20.8 Å². The van der Waals surface area contributed by atoms with Gasteiger partial charge in [0, 0.05) is 12.2 Å². The number of amides is 3. The van der Waals surface area contributed by atoms with Crippen molar-refractivity contribution in [3.63, 3.8) is 0 Å². The van der Waals surface area contributed by atoms with Gasteiger partial charge in [-0.25, -0.2) is 5.43 Å². The lowest BCUT2D eigenvalue weighted by Gasteiger charge is -2.13. The van der Waals surface area contributed by atoms with Gasteiger partial charge < -0.3 is 20.1 Å². The summed E-state index contributed by atoms with van der Waals surface area (Å²) in [4.78, 5) is 35.4. The first-order chi connectivity index (χ1) is 15.8. The van der Waals surface area contributed by atoms with Crippen LogP contribution in [-0.4, -0.2) is 43.7 Å². The molecule has 0 heterocycles. The normalized spacial score (nSPS) is 10.4. The molecule has 0 aliphatic carbocycles. The van der Waals surface area contributed by atoms with Gasteiger partial charge >= 0.3 is 11.8 Å². The second kappa shape index (κ2) is 12.7. The molecule has 0 saturated carbocycles. The summed E-state index contributed by atoms with van der Waals surface area (Å²) in [5, 5.41) is 8.92. The van der Waals surface area contributed by atoms with Gasteiger partial charge in [0.05, 0.1) is 12.8 Å². The first-order valence-corrected chi connectivity index (χ1v) is 10.3. The highest BCUT2D eigenvalue weighted by molar-refractivity contribution is 6.35. The lowest BCUT2D eigenvalue weighted by molar-refractivity contribution is -0.139. The topological polar surface area (TPSA) is 118 Å². The molecular weight excluding hydrogens is 424 g/mol. The quantitative estimate of drug-likeness (QED) is 0.222. The zero-order valence-electron chi connectivity index (χ0n) is 18.9. The Morgan fingerprint density at radius 3 is 2.39 bits per heavy atom. The second-order valence-electron chi connectivity index (χ2n) is 7.05. The maximum Gasteiger partial charge on any atom is 0.329 e. The number of hydrogen-bond acceptors (Lipinski definition) is 6. The Balaban J connectivity index is 1.98. The van der Waals surface area contributed by atoms with E-state index >= 15 is 0 Å². The molecule has 174 valence electrons. The van der Waals surface area contributed by atoms with E-state index in [1.165, 1.54) is 12.3 Å². The number of aryl methyl sites for hydroxylation is 2. The van der Waals surface area contributed by atoms with E-state index in [1.807, 2.05) is 39.0 Å². The summed E-state index contributed by atoms with van der Waals surface area (Å²) in [6.07, 6.45) is 2.82. The number of nitrogens with one attached hydrogen (secondary N) is 3. The molecular formula is C24H28N4O5. The molecule has 0 aliphatic rings. The van der Waals surface area contributed by atoms with E-state index in [0.717, 1.165) is 11.1 Å². The van der Waals surface area contributed by atoms with E-state index in [4.69, 9.17) is 9.47 Å². The predicted octanol–water partition coefficient (Wildman–Crippen LogP) is 2.47. The molecule has 0 radical (unpaired) electrons. The van der Waals surface area contributed by atoms with Crippen LogP contribution in [0, 0.1) is 13.8 Å². The highest BCUT2D eigenvalue weighted by Gasteiger charge is 2.12. The van der Waals surface area contributed by atoms with Crippen molar-refractivity contribution in [3.8, 4) is 11.5 Å². The summed E-state index contributed by atoms with van der Waals surface area (Å²) in [6.45, 7) is 9.55. The number of nitrogens with zero attached hydrogens (tertiary/aromatic N) is 1. The van der Waals surface area contributed by atoms with Crippen LogP contribution in [0.1, 0.15) is 23.6 Å². The van der Waals surface area contributed by atoms with Crippen LogP contribution in [0.15, 0.2) is 54.2 Å². The standard InChI is InChI=1S/C24H28N4O5/c1-5-9-25-23(30)24(31)28-26-14-18-7-8-20(21(13-18)32-6-2)33-15-22(29)27-19-11-16(3)10-17(4)12-19/h5,7-8,10-14H,1,6,9,15H2,2-4H3,(H,25,30)(H,27,29)(H,28,31)/b26-14-. The van der Waals surface area contributed by atoms with Gasteiger partial charge in [0.15, 0.2) is 18.1 Å². The molecule has 3 N–H and O–H groups in total. The Kier molecular flexibility index (Phi) is 9.63. The molecule has 2 rings (SSSR count). The summed E-state index contributed by atoms with van der Waals surface area (Å²) in [6, 6.07) is 10.7. The molecule has 0 atom stereocenters. The van der Waals surface area contributed by atoms with Crippen LogP contribution in [0.25, 0.3) is 0 Å². The molecule has 0 unspecified atom stereocenters. The summed E-state index contributed by atoms with van der Waals surface area (Å²) in [5.74, 6) is -1.21. The highest BCUT2D eigenvalue weighted by atomic mass is 16.5. The van der Waals surface area contributed by atoms with Crippen molar-refractivity contribution in [1.29, 1.82) is 0 Å². The smallest absolute Gasteiger partial charge is 0.329 e. The van der Waals surface area contributed by atoms with Crippen LogP contribution in [0.5, 0.6) is 11.5 Å². The fourth-order valence-electron chi connectivity index (χ4n) is 2.84. The molecule has 33 heavy (non-hydrogen) atoms. The average molecular weight is 453 g/mol. The van der Waals surface area contributed by atoms with Crippen molar-refractivity contribution < 1.29 is 23.9 Å². The van der Waals surface area contributed by atoms with E-state index in [1.54, 1.807) is 18.2 Å². The third-order valence-electron chi connectivity index (χ3n) is 4.12. The second-order valence-corrected chi connectivity index (χ2v) is 7.05. The summed E-state index contributed by atoms with van der Waals surface area (Å²) >= 11 is 0. The Morgan fingerprint density at radius 2 is 1.73 bits per heavy atom. The van der Waals surface area contributed by atoms with Gasteiger partial charge in [-0.05, 0) is 67.8 Å². The Morgan fingerprint density at radius 1 is 1.00 bits per heavy atom. The number of rotatable bonds is 10. The van der Waals surface area contributed by atoms with Crippen molar-refractivity contribution in [2.75, 3.05) is 25.1 Å². The Labute approximate surface area is 192 Å². The number of carbonyl (C=O) groups is 3. The molecule has 0 spiro atoms. The van der Waals surface area contributed by atoms with Crippen LogP contribution in [0.3, 0.4) is 0 Å². The third-order valence-corrected chi connectivity index (χ3v) is 4.12. The number of carbonyl (C=O) groups excluding carboxylic acids is 3. The monoisotopic (exact) mass is 452 g/mol. The number of hydrogen-bond donors (Lipinski definition) is 3. The molecule has 0 bridgehead atoms. The van der Waals surface area contributed by atoms with Gasteiger partial charge in [-0.2, -0.15) is 5.10 Å². The van der Waals surface area contributed by atoms with Gasteiger partial charge in [-0.1, -0.05) is 12.1 Å². The van der Waals surface area contributed by atoms with Crippen LogP contribution in [0.2, 0.25) is 0 Å². The van der Waals surface area contributed by atoms with Gasteiger partial charge in [-0.3, -0.25) is 14.4 Å². The number of ether oxygens (including phenoxy) is 2. The maximum atomic E-state index is 12.3. The van der Waals surface area contributed by atoms with Crippen LogP contribution in [0.4, 0.5) is 5.69 Å². The van der Waals surface area contributed by atoms with Crippen molar-refractivity contribution in [3.05, 3.63) is 65.7 Å². The molecule has 3 amide bonds. The molecule has 0 saturated heterocycles. The zero-order valence-corrected chi connectivity index (χ0v) is 18.9. The first-order valence-electron chi connectivity index (χ1n) is 10.3. The summed E-state index contributed by atoms with van der Waals surface area (Å²) in [5.41, 5.74) is 5.54. The summed E-state index contributed by atoms with van der Waals surface area (Å²) in [7, 11) is 0. The molecule has 9 nitrogen and oxygen atoms in total. The minimum absolute atomic E-state index is 0.178. The van der Waals surface area contributed by atoms with E-state index in [9.17, 15) is 14.4 Å². The van der Waals surface area contributed by atoms with E-state index in [-0.39, 0.29) is 19.1 Å². The largest absolute Gasteiger partial charge is 0.490 e. The summed E-state index contributed by atoms with van der Waals surface area (Å²) < 4.78 is 11.2. The van der Waals surface area contributed by atoms with Gasteiger partial charge in [0.2, 0.25) is 0 Å². The zero-order chi connectivity index (χ0) is 24.2. The van der Waals surface area contributed by atoms with Crippen molar-refractivity contribution in [1.82, 2.24) is 10.7 Å². The highest BCUT2D eigenvalue weighted by Crippen LogP contribution is 2.28. The SMILES string of the molecule is C=CCNC(=O)C(=O)N/N=C\c1ccc(OCC(=O)Nc2cc(C)cc(C)c2)c(OCC)c1. The van der Waals surface area contributed by atoms with Crippen LogP contribution >= 0.6 is 0 Å². The molecule has 9 heteroatoms. The average Bonchev–Trinajstić information content (AvgIpc) is 2.76. The minimum Gasteiger partial charge on any atom is -0.490 e. The van der Waals surface area contributed by atoms with Gasteiger partial charge in [0.1, 0.15) is 0 Å². The fraction of sp³-hybridized carbons (Fsp3) is 0.250. The predicted molar refractivity (Wildman–Crippen MR) is 127 cm³/mol. The Bertz CT molecular complexity index is 1030.